The van der Waals surface area contributed by atoms with Gasteiger partial charge in [-0.3, -0.25) is 4.79 Å². The van der Waals surface area contributed by atoms with E-state index in [1.807, 2.05) is 63.2 Å². The summed E-state index contributed by atoms with van der Waals surface area (Å²) in [7, 11) is 0. The van der Waals surface area contributed by atoms with Crippen LogP contribution < -0.4 is 16.0 Å². The van der Waals surface area contributed by atoms with Gasteiger partial charge in [-0.15, -0.1) is 0 Å². The first-order valence-corrected chi connectivity index (χ1v) is 12.7. The average molecular weight is 529 g/mol. The lowest BCUT2D eigenvalue weighted by molar-refractivity contribution is -0.118. The number of amides is 3. The van der Waals surface area contributed by atoms with Crippen LogP contribution in [0.2, 0.25) is 0 Å². The molecule has 8 nitrogen and oxygen atoms in total. The number of rotatable bonds is 9. The maximum absolute atomic E-state index is 13.3. The minimum Gasteiger partial charge on any atom is -0.445 e. The second kappa shape index (κ2) is 13.3. The van der Waals surface area contributed by atoms with E-state index in [2.05, 4.69) is 16.0 Å². The number of anilines is 1. The molecule has 9 heteroatoms. The molecule has 0 aliphatic heterocycles. The van der Waals surface area contributed by atoms with E-state index in [9.17, 15) is 14.4 Å². The van der Waals surface area contributed by atoms with Gasteiger partial charge >= 0.3 is 12.2 Å². The molecule has 1 radical (unpaired) electrons. The third kappa shape index (κ3) is 10.7. The fraction of sp³-hybridized carbons (Fsp3) is 0.464. The molecule has 0 heterocycles. The molecule has 0 fully saturated rings. The zero-order valence-electron chi connectivity index (χ0n) is 22.5. The summed E-state index contributed by atoms with van der Waals surface area (Å²) in [5, 5.41) is 8.24. The van der Waals surface area contributed by atoms with Crippen molar-refractivity contribution in [3.63, 3.8) is 0 Å². The van der Waals surface area contributed by atoms with Crippen molar-refractivity contribution < 1.29 is 23.9 Å². The number of hydrogen-bond donors (Lipinski definition) is 3. The Morgan fingerprint density at radius 2 is 1.59 bits per heavy atom. The van der Waals surface area contributed by atoms with Crippen LogP contribution in [0.1, 0.15) is 65.5 Å². The molecule has 2 aromatic carbocycles. The molecule has 3 N–H and O–H groups in total. The Labute approximate surface area is 225 Å². The number of para-hydroxylation sites is 1. The smallest absolute Gasteiger partial charge is 0.408 e. The van der Waals surface area contributed by atoms with Gasteiger partial charge in [-0.2, -0.15) is 0 Å². The first-order chi connectivity index (χ1) is 17.3. The van der Waals surface area contributed by atoms with Crippen LogP contribution in [-0.2, 0) is 26.3 Å². The number of hydrogen-bond acceptors (Lipinski definition) is 5. The van der Waals surface area contributed by atoms with E-state index in [0.717, 1.165) is 11.1 Å². The summed E-state index contributed by atoms with van der Waals surface area (Å²) >= 11 is 5.48. The van der Waals surface area contributed by atoms with Crippen molar-refractivity contribution in [2.75, 3.05) is 11.9 Å². The Hall–Kier alpha value is -3.33. The third-order valence-electron chi connectivity index (χ3n) is 5.24. The predicted octanol–water partition coefficient (Wildman–Crippen LogP) is 6.08. The van der Waals surface area contributed by atoms with Crippen molar-refractivity contribution in [1.29, 1.82) is 0 Å². The first-order valence-electron chi connectivity index (χ1n) is 12.3. The van der Waals surface area contributed by atoms with Crippen LogP contribution >= 0.6 is 12.6 Å². The van der Waals surface area contributed by atoms with Crippen LogP contribution in [0, 0.1) is 0 Å². The summed E-state index contributed by atoms with van der Waals surface area (Å²) in [6, 6.07) is 14.0. The van der Waals surface area contributed by atoms with Crippen LogP contribution in [0.4, 0.5) is 15.3 Å². The monoisotopic (exact) mass is 528 g/mol. The maximum atomic E-state index is 13.3. The number of carbonyl (C=O) groups excluding carboxylic acids is 3. The van der Waals surface area contributed by atoms with E-state index >= 15 is 0 Å². The molecule has 2 rings (SSSR count). The van der Waals surface area contributed by atoms with Gasteiger partial charge in [0.1, 0.15) is 18.2 Å². The number of benzene rings is 2. The summed E-state index contributed by atoms with van der Waals surface area (Å²) in [6.45, 7) is 11.8. The van der Waals surface area contributed by atoms with E-state index < -0.39 is 29.7 Å². The lowest BCUT2D eigenvalue weighted by Crippen LogP contribution is -2.46. The van der Waals surface area contributed by atoms with Gasteiger partial charge in [0.2, 0.25) is 5.91 Å². The van der Waals surface area contributed by atoms with Gasteiger partial charge in [-0.25, -0.2) is 9.59 Å². The SMILES string of the molecule is CC(C)(C)OC(=O)N[C@@H](CCCNC(=O)OCc1ccccc1)C(=O)Nc1c([S])cccc1C(C)(C)C. The predicted molar refractivity (Wildman–Crippen MR) is 147 cm³/mol. The van der Waals surface area contributed by atoms with Gasteiger partial charge in [0, 0.05) is 6.54 Å². The number of ether oxygens (including phenoxy) is 2. The van der Waals surface area contributed by atoms with E-state index in [1.54, 1.807) is 26.8 Å². The Kier molecular flexibility index (Phi) is 10.7. The van der Waals surface area contributed by atoms with Gasteiger partial charge in [-0.1, -0.05) is 75.9 Å². The maximum Gasteiger partial charge on any atom is 0.408 e. The molecule has 0 aliphatic carbocycles. The molecule has 1 atom stereocenters. The van der Waals surface area contributed by atoms with Gasteiger partial charge in [0.25, 0.3) is 0 Å². The molecule has 0 aliphatic rings. The number of nitrogens with one attached hydrogen (secondary N) is 3. The van der Waals surface area contributed by atoms with Gasteiger partial charge < -0.3 is 25.4 Å². The minimum absolute atomic E-state index is 0.161. The Balaban J connectivity index is 2.02. The highest BCUT2D eigenvalue weighted by Gasteiger charge is 2.27. The number of carbonyl (C=O) groups is 3. The number of alkyl carbamates (subject to hydrolysis) is 2. The lowest BCUT2D eigenvalue weighted by atomic mass is 9.85. The van der Waals surface area contributed by atoms with Crippen LogP contribution in [-0.4, -0.2) is 36.3 Å². The Morgan fingerprint density at radius 3 is 2.22 bits per heavy atom. The quantitative estimate of drug-likeness (QED) is 0.342. The molecule has 2 aromatic rings. The molecular weight excluding hydrogens is 490 g/mol. The zero-order valence-corrected chi connectivity index (χ0v) is 23.3. The van der Waals surface area contributed by atoms with Crippen LogP contribution in [0.5, 0.6) is 0 Å². The first kappa shape index (κ1) is 29.9. The second-order valence-electron chi connectivity index (χ2n) is 10.7. The highest BCUT2D eigenvalue weighted by Crippen LogP contribution is 2.34. The summed E-state index contributed by atoms with van der Waals surface area (Å²) in [5.74, 6) is -0.416. The third-order valence-corrected chi connectivity index (χ3v) is 5.58. The van der Waals surface area contributed by atoms with Crippen molar-refractivity contribution in [2.24, 2.45) is 0 Å². The fourth-order valence-electron chi connectivity index (χ4n) is 3.48. The van der Waals surface area contributed by atoms with Gasteiger partial charge in [0.15, 0.2) is 0 Å². The molecule has 0 bridgehead atoms. The van der Waals surface area contributed by atoms with Crippen LogP contribution in [0.25, 0.3) is 0 Å². The summed E-state index contributed by atoms with van der Waals surface area (Å²) < 4.78 is 10.6. The molecule has 0 saturated heterocycles. The molecule has 0 saturated carbocycles. The van der Waals surface area contributed by atoms with Crippen molar-refractivity contribution in [2.45, 2.75) is 82.9 Å². The molecular formula is C28H38N3O5S. The van der Waals surface area contributed by atoms with Crippen LogP contribution in [0.15, 0.2) is 53.4 Å². The molecule has 37 heavy (non-hydrogen) atoms. The van der Waals surface area contributed by atoms with E-state index in [0.29, 0.717) is 17.0 Å². The fourth-order valence-corrected chi connectivity index (χ4v) is 3.72. The summed E-state index contributed by atoms with van der Waals surface area (Å²) in [5.41, 5.74) is 1.35. The second-order valence-corrected chi connectivity index (χ2v) is 11.2. The minimum atomic E-state index is -0.903. The molecule has 0 aromatic heterocycles. The largest absolute Gasteiger partial charge is 0.445 e. The van der Waals surface area contributed by atoms with Crippen molar-refractivity contribution in [3.05, 3.63) is 59.7 Å². The van der Waals surface area contributed by atoms with Crippen LogP contribution in [0.3, 0.4) is 0 Å². The average Bonchev–Trinajstić information content (AvgIpc) is 2.79. The van der Waals surface area contributed by atoms with Crippen molar-refractivity contribution in [1.82, 2.24) is 10.6 Å². The highest BCUT2D eigenvalue weighted by atomic mass is 32.1. The standard InChI is InChI=1S/C28H38N3O5S/c1-27(2,3)20-14-10-16-22(37)23(20)31-24(32)21(30-26(34)36-28(4,5)6)15-11-17-29-25(33)35-18-19-12-8-7-9-13-19/h7-10,12-14,16,21H,11,15,17-18H2,1-6H3,(H,29,33)(H,30,34)(H,31,32)/t21-/m0/s1. The van der Waals surface area contributed by atoms with Gasteiger partial charge in [-0.05, 0) is 56.2 Å². The summed E-state index contributed by atoms with van der Waals surface area (Å²) in [6.07, 6.45) is -0.588. The van der Waals surface area contributed by atoms with E-state index in [4.69, 9.17) is 22.1 Å². The Bertz CT molecular complexity index is 1060. The molecule has 0 spiro atoms. The van der Waals surface area contributed by atoms with E-state index in [1.165, 1.54) is 0 Å². The summed E-state index contributed by atoms with van der Waals surface area (Å²) in [4.78, 5) is 38.3. The normalized spacial score (nSPS) is 12.3. The van der Waals surface area contributed by atoms with Gasteiger partial charge in [0.05, 0.1) is 10.6 Å². The molecule has 0 unspecified atom stereocenters. The van der Waals surface area contributed by atoms with E-state index in [-0.39, 0.29) is 25.0 Å². The topological polar surface area (TPSA) is 106 Å². The molecule has 201 valence electrons. The zero-order chi connectivity index (χ0) is 27.6. The van der Waals surface area contributed by atoms with Crippen molar-refractivity contribution >= 4 is 36.4 Å². The lowest BCUT2D eigenvalue weighted by Gasteiger charge is -2.26. The Morgan fingerprint density at radius 1 is 0.919 bits per heavy atom. The molecule has 3 amide bonds. The highest BCUT2D eigenvalue weighted by molar-refractivity contribution is 7.80. The van der Waals surface area contributed by atoms with Crippen molar-refractivity contribution in [3.8, 4) is 0 Å².